The van der Waals surface area contributed by atoms with Gasteiger partial charge in [-0.25, -0.2) is 0 Å². The molecule has 0 spiro atoms. The Balaban J connectivity index is 1.50. The Morgan fingerprint density at radius 3 is 2.50 bits per heavy atom. The first-order valence-electron chi connectivity index (χ1n) is 8.73. The van der Waals surface area contributed by atoms with Crippen LogP contribution >= 0.6 is 35.0 Å². The Kier molecular flexibility index (Phi) is 6.75. The highest BCUT2D eigenvalue weighted by Crippen LogP contribution is 2.55. The fourth-order valence-corrected chi connectivity index (χ4v) is 4.52. The van der Waals surface area contributed by atoms with Gasteiger partial charge < -0.3 is 15.8 Å². The minimum Gasteiger partial charge on any atom is -0.484 e. The predicted octanol–water partition coefficient (Wildman–Crippen LogP) is 4.02. The first-order chi connectivity index (χ1) is 13.3. The highest BCUT2D eigenvalue weighted by Gasteiger charge is 2.51. The zero-order valence-corrected chi connectivity index (χ0v) is 17.3. The van der Waals surface area contributed by atoms with Crippen LogP contribution in [0.5, 0.6) is 5.75 Å². The lowest BCUT2D eigenvalue weighted by Crippen LogP contribution is -2.20. The van der Waals surface area contributed by atoms with Crippen molar-refractivity contribution in [2.45, 2.75) is 22.1 Å². The summed E-state index contributed by atoms with van der Waals surface area (Å²) in [6.45, 7) is -0.122. The van der Waals surface area contributed by atoms with Crippen LogP contribution in [0.3, 0.4) is 0 Å². The third-order valence-corrected chi connectivity index (χ3v) is 6.39. The molecule has 0 radical (unpaired) electrons. The quantitative estimate of drug-likeness (QED) is 0.457. The lowest BCUT2D eigenvalue weighted by molar-refractivity contribution is -0.118. The van der Waals surface area contributed by atoms with Gasteiger partial charge in [-0.2, -0.15) is 0 Å². The largest absolute Gasteiger partial charge is 0.484 e. The van der Waals surface area contributed by atoms with Crippen LogP contribution in [0.15, 0.2) is 53.4 Å². The Bertz CT molecular complexity index is 859. The maximum Gasteiger partial charge on any atom is 0.262 e. The molecule has 1 aliphatic rings. The van der Waals surface area contributed by atoms with E-state index in [1.807, 2.05) is 24.3 Å². The van der Waals surface area contributed by atoms with Crippen molar-refractivity contribution in [2.24, 2.45) is 11.7 Å². The molecule has 1 aliphatic carbocycles. The highest BCUT2D eigenvalue weighted by atomic mass is 35.5. The lowest BCUT2D eigenvalue weighted by atomic mass is 10.1. The van der Waals surface area contributed by atoms with Crippen LogP contribution in [-0.2, 0) is 16.0 Å². The summed E-state index contributed by atoms with van der Waals surface area (Å²) in [5, 5.41) is 2.87. The molecule has 0 saturated heterocycles. The van der Waals surface area contributed by atoms with E-state index in [1.165, 1.54) is 0 Å². The molecular formula is C20H20Cl2N2O3S. The molecule has 5 nitrogen and oxygen atoms in total. The van der Waals surface area contributed by atoms with Gasteiger partial charge in [0.1, 0.15) is 10.1 Å². The summed E-state index contributed by atoms with van der Waals surface area (Å²) < 4.78 is 4.90. The van der Waals surface area contributed by atoms with Crippen LogP contribution in [0.25, 0.3) is 0 Å². The fourth-order valence-electron chi connectivity index (χ4n) is 2.58. The van der Waals surface area contributed by atoms with Gasteiger partial charge in [0.25, 0.3) is 5.91 Å². The van der Waals surface area contributed by atoms with Gasteiger partial charge in [-0.3, -0.25) is 9.59 Å². The van der Waals surface area contributed by atoms with E-state index in [0.29, 0.717) is 5.75 Å². The van der Waals surface area contributed by atoms with Crippen molar-refractivity contribution >= 4 is 52.5 Å². The second-order valence-electron chi connectivity index (χ2n) is 6.59. The second kappa shape index (κ2) is 9.07. The number of nitrogens with two attached hydrogens (primary N) is 1. The molecule has 28 heavy (non-hydrogen) atoms. The Labute approximate surface area is 177 Å². The molecule has 0 bridgehead atoms. The number of carbonyl (C=O) groups is 2. The first-order valence-corrected chi connectivity index (χ1v) is 10.5. The number of rotatable bonds is 9. The van der Waals surface area contributed by atoms with E-state index < -0.39 is 10.2 Å². The van der Waals surface area contributed by atoms with Crippen LogP contribution in [0.4, 0.5) is 5.69 Å². The summed E-state index contributed by atoms with van der Waals surface area (Å²) >= 11 is 13.8. The molecule has 3 rings (SSSR count). The molecular weight excluding hydrogens is 419 g/mol. The van der Waals surface area contributed by atoms with Crippen molar-refractivity contribution in [1.29, 1.82) is 0 Å². The van der Waals surface area contributed by atoms with Crippen LogP contribution in [0.2, 0.25) is 0 Å². The average Bonchev–Trinajstić information content (AvgIpc) is 3.26. The third-order valence-electron chi connectivity index (χ3n) is 4.23. The molecule has 2 aromatic carbocycles. The molecule has 1 fully saturated rings. The molecule has 0 aromatic heterocycles. The molecule has 0 heterocycles. The summed E-state index contributed by atoms with van der Waals surface area (Å²) in [6.07, 6.45) is 0.967. The van der Waals surface area contributed by atoms with Gasteiger partial charge in [0.05, 0.1) is 12.1 Å². The number of hydrogen-bond acceptors (Lipinski definition) is 4. The molecule has 0 aliphatic heterocycles. The van der Waals surface area contributed by atoms with Crippen molar-refractivity contribution in [2.75, 3.05) is 17.7 Å². The van der Waals surface area contributed by atoms with Crippen LogP contribution in [-0.4, -0.2) is 28.5 Å². The second-order valence-corrected chi connectivity index (χ2v) is 9.20. The summed E-state index contributed by atoms with van der Waals surface area (Å²) in [5.74, 6) is 0.957. The lowest BCUT2D eigenvalue weighted by Gasteiger charge is -2.12. The molecule has 8 heteroatoms. The van der Waals surface area contributed by atoms with E-state index in [-0.39, 0.29) is 24.9 Å². The molecule has 1 atom stereocenters. The normalized spacial score (nSPS) is 17.0. The smallest absolute Gasteiger partial charge is 0.262 e. The number of carbonyl (C=O) groups excluding carboxylic acids is 2. The average molecular weight is 439 g/mol. The van der Waals surface area contributed by atoms with E-state index in [0.717, 1.165) is 28.3 Å². The number of benzene rings is 2. The van der Waals surface area contributed by atoms with E-state index in [4.69, 9.17) is 33.7 Å². The summed E-state index contributed by atoms with van der Waals surface area (Å²) in [5.41, 5.74) is 6.69. The zero-order chi connectivity index (χ0) is 20.1. The van der Waals surface area contributed by atoms with Crippen LogP contribution in [0, 0.1) is 5.92 Å². The van der Waals surface area contributed by atoms with E-state index >= 15 is 0 Å². The number of nitrogens with one attached hydrogen (secondary N) is 1. The van der Waals surface area contributed by atoms with Gasteiger partial charge in [0.15, 0.2) is 6.61 Å². The maximum absolute atomic E-state index is 12.3. The number of thioether (sulfide) groups is 1. The van der Waals surface area contributed by atoms with Gasteiger partial charge in [-0.05, 0) is 36.2 Å². The van der Waals surface area contributed by atoms with Gasteiger partial charge in [0, 0.05) is 16.6 Å². The minimum absolute atomic E-state index is 0.122. The third kappa shape index (κ3) is 6.06. The van der Waals surface area contributed by atoms with Crippen molar-refractivity contribution in [1.82, 2.24) is 0 Å². The van der Waals surface area contributed by atoms with Crippen LogP contribution < -0.4 is 15.8 Å². The van der Waals surface area contributed by atoms with Gasteiger partial charge >= 0.3 is 0 Å². The first kappa shape index (κ1) is 20.8. The van der Waals surface area contributed by atoms with E-state index in [1.54, 1.807) is 36.0 Å². The monoisotopic (exact) mass is 438 g/mol. The van der Waals surface area contributed by atoms with Gasteiger partial charge in [-0.1, -0.05) is 24.3 Å². The molecule has 1 unspecified atom stereocenters. The molecule has 2 aromatic rings. The summed E-state index contributed by atoms with van der Waals surface area (Å²) in [4.78, 5) is 24.1. The standard InChI is InChI=1S/C20H20Cl2N2O3S/c21-20(22)10-14(20)12-28-17-4-2-1-3-16(17)24-19(26)11-27-15-7-5-13(6-8-15)9-18(23)25/h1-8,14H,9-12H2,(H2,23,25)(H,24,26). The number of amides is 2. The number of para-hydroxylation sites is 1. The van der Waals surface area contributed by atoms with E-state index in [9.17, 15) is 9.59 Å². The molecule has 2 amide bonds. The molecule has 148 valence electrons. The number of halogens is 2. The fraction of sp³-hybridized carbons (Fsp3) is 0.300. The summed E-state index contributed by atoms with van der Waals surface area (Å²) in [7, 11) is 0. The highest BCUT2D eigenvalue weighted by molar-refractivity contribution is 7.99. The Morgan fingerprint density at radius 1 is 1.18 bits per heavy atom. The maximum atomic E-state index is 12.3. The van der Waals surface area contributed by atoms with Gasteiger partial charge in [-0.15, -0.1) is 35.0 Å². The minimum atomic E-state index is -0.605. The van der Waals surface area contributed by atoms with Crippen molar-refractivity contribution in [3.8, 4) is 5.75 Å². The SMILES string of the molecule is NC(=O)Cc1ccc(OCC(=O)Nc2ccccc2SCC2CC2(Cl)Cl)cc1. The Hall–Kier alpha value is -1.89. The number of alkyl halides is 2. The zero-order valence-electron chi connectivity index (χ0n) is 15.0. The van der Waals surface area contributed by atoms with Crippen molar-refractivity contribution in [3.05, 3.63) is 54.1 Å². The topological polar surface area (TPSA) is 81.4 Å². The number of ether oxygens (including phenoxy) is 1. The molecule has 3 N–H and O–H groups in total. The van der Waals surface area contributed by atoms with Crippen molar-refractivity contribution in [3.63, 3.8) is 0 Å². The number of primary amides is 1. The van der Waals surface area contributed by atoms with Crippen LogP contribution in [0.1, 0.15) is 12.0 Å². The number of anilines is 1. The number of hydrogen-bond donors (Lipinski definition) is 2. The van der Waals surface area contributed by atoms with Crippen molar-refractivity contribution < 1.29 is 14.3 Å². The van der Waals surface area contributed by atoms with E-state index in [2.05, 4.69) is 5.32 Å². The molecule has 1 saturated carbocycles. The Morgan fingerprint density at radius 2 is 1.86 bits per heavy atom. The van der Waals surface area contributed by atoms with Gasteiger partial charge in [0.2, 0.25) is 5.91 Å². The predicted molar refractivity (Wildman–Crippen MR) is 113 cm³/mol. The summed E-state index contributed by atoms with van der Waals surface area (Å²) in [6, 6.07) is 14.5.